The van der Waals surface area contributed by atoms with Crippen molar-refractivity contribution < 1.29 is 4.39 Å². The molecular formula is C15H18ClFN2S2. The summed E-state index contributed by atoms with van der Waals surface area (Å²) in [5, 5.41) is 0.128. The molecule has 1 aromatic carbocycles. The van der Waals surface area contributed by atoms with Crippen LogP contribution in [0.4, 0.5) is 4.39 Å². The highest BCUT2D eigenvalue weighted by molar-refractivity contribution is 8.00. The van der Waals surface area contributed by atoms with Crippen molar-refractivity contribution in [3.8, 4) is 0 Å². The predicted octanol–water partition coefficient (Wildman–Crippen LogP) is 5.56. The summed E-state index contributed by atoms with van der Waals surface area (Å²) < 4.78 is 16.7. The van der Waals surface area contributed by atoms with Gasteiger partial charge in [-0.15, -0.1) is 0 Å². The van der Waals surface area contributed by atoms with Crippen molar-refractivity contribution in [3.63, 3.8) is 0 Å². The van der Waals surface area contributed by atoms with Crippen molar-refractivity contribution in [2.24, 2.45) is 0 Å². The van der Waals surface area contributed by atoms with E-state index in [1.165, 1.54) is 38.2 Å². The monoisotopic (exact) mass is 344 g/mol. The van der Waals surface area contributed by atoms with Gasteiger partial charge < -0.3 is 9.55 Å². The number of fused-ring (bicyclic) bond motifs is 1. The molecule has 0 amide bonds. The Kier molecular flexibility index (Phi) is 4.35. The lowest BCUT2D eigenvalue weighted by atomic mass is 9.88. The molecule has 1 aliphatic rings. The molecule has 0 unspecified atom stereocenters. The first-order chi connectivity index (χ1) is 10.0. The van der Waals surface area contributed by atoms with Gasteiger partial charge >= 0.3 is 0 Å². The predicted molar refractivity (Wildman–Crippen MR) is 91.4 cm³/mol. The fourth-order valence-corrected chi connectivity index (χ4v) is 4.61. The second-order valence-electron chi connectivity index (χ2n) is 5.75. The molecule has 0 saturated heterocycles. The van der Waals surface area contributed by atoms with Crippen LogP contribution in [-0.4, -0.2) is 20.6 Å². The van der Waals surface area contributed by atoms with Crippen LogP contribution < -0.4 is 0 Å². The van der Waals surface area contributed by atoms with Gasteiger partial charge in [0.05, 0.1) is 16.1 Å². The maximum Gasteiger partial charge on any atom is 0.178 e. The van der Waals surface area contributed by atoms with E-state index in [0.29, 0.717) is 4.77 Å². The number of imidazole rings is 1. The lowest BCUT2D eigenvalue weighted by Crippen LogP contribution is -2.33. The number of halogens is 2. The first kappa shape index (κ1) is 15.4. The van der Waals surface area contributed by atoms with Gasteiger partial charge in [0.1, 0.15) is 5.82 Å². The van der Waals surface area contributed by atoms with Gasteiger partial charge in [-0.1, -0.05) is 30.9 Å². The highest BCUT2D eigenvalue weighted by Crippen LogP contribution is 2.40. The minimum Gasteiger partial charge on any atom is -0.331 e. The third-order valence-electron chi connectivity index (χ3n) is 4.46. The van der Waals surface area contributed by atoms with Crippen LogP contribution in [-0.2, 0) is 6.54 Å². The third-order valence-corrected chi connectivity index (χ3v) is 6.48. The Hall–Kier alpha value is -0.520. The minimum absolute atomic E-state index is 0.128. The van der Waals surface area contributed by atoms with E-state index in [9.17, 15) is 4.39 Å². The number of thioether (sulfide) groups is 1. The summed E-state index contributed by atoms with van der Waals surface area (Å²) >= 11 is 13.2. The molecule has 0 radical (unpaired) electrons. The Labute approximate surface area is 138 Å². The third kappa shape index (κ3) is 2.88. The molecule has 1 fully saturated rings. The lowest BCUT2D eigenvalue weighted by molar-refractivity contribution is 0.360. The van der Waals surface area contributed by atoms with E-state index in [1.807, 2.05) is 16.3 Å². The number of hydrogen-bond donors (Lipinski definition) is 1. The van der Waals surface area contributed by atoms with Crippen molar-refractivity contribution in [2.75, 3.05) is 6.26 Å². The molecule has 1 aliphatic carbocycles. The van der Waals surface area contributed by atoms with Crippen molar-refractivity contribution in [1.29, 1.82) is 0 Å². The Morgan fingerprint density at radius 3 is 2.76 bits per heavy atom. The molecule has 0 bridgehead atoms. The summed E-state index contributed by atoms with van der Waals surface area (Å²) in [5.41, 5.74) is 1.61. The van der Waals surface area contributed by atoms with Gasteiger partial charge in [-0.2, -0.15) is 11.8 Å². The average molecular weight is 345 g/mol. The molecule has 0 aliphatic heterocycles. The Morgan fingerprint density at radius 2 is 2.10 bits per heavy atom. The van der Waals surface area contributed by atoms with Crippen LogP contribution in [0.1, 0.15) is 32.1 Å². The number of rotatable bonds is 3. The van der Waals surface area contributed by atoms with Crippen molar-refractivity contribution in [2.45, 2.75) is 43.4 Å². The van der Waals surface area contributed by atoms with Gasteiger partial charge in [0.2, 0.25) is 0 Å². The highest BCUT2D eigenvalue weighted by Gasteiger charge is 2.32. The van der Waals surface area contributed by atoms with E-state index in [1.54, 1.807) is 6.07 Å². The molecule has 6 heteroatoms. The topological polar surface area (TPSA) is 20.7 Å². The number of nitrogens with zero attached hydrogens (tertiary/aromatic N) is 1. The van der Waals surface area contributed by atoms with Crippen molar-refractivity contribution in [1.82, 2.24) is 9.55 Å². The first-order valence-electron chi connectivity index (χ1n) is 7.17. The number of nitrogens with one attached hydrogen (secondary N) is 1. The SMILES string of the molecule is CSC1(Cn2c(=S)[nH]c3cc(Cl)c(F)cc32)CCCCC1. The molecule has 0 atom stereocenters. The highest BCUT2D eigenvalue weighted by atomic mass is 35.5. The van der Waals surface area contributed by atoms with Gasteiger partial charge in [-0.05, 0) is 37.4 Å². The van der Waals surface area contributed by atoms with Crippen LogP contribution in [0.15, 0.2) is 12.1 Å². The summed E-state index contributed by atoms with van der Waals surface area (Å²) in [6.45, 7) is 0.827. The first-order valence-corrected chi connectivity index (χ1v) is 9.18. The zero-order valence-electron chi connectivity index (χ0n) is 11.9. The van der Waals surface area contributed by atoms with E-state index in [0.717, 1.165) is 17.6 Å². The van der Waals surface area contributed by atoms with Gasteiger partial charge in [-0.25, -0.2) is 4.39 Å². The van der Waals surface area contributed by atoms with Crippen LogP contribution in [0, 0.1) is 10.6 Å². The fourth-order valence-electron chi connectivity index (χ4n) is 3.22. The quantitative estimate of drug-likeness (QED) is 0.736. The molecule has 3 rings (SSSR count). The normalized spacial score (nSPS) is 18.2. The summed E-state index contributed by atoms with van der Waals surface area (Å²) in [6.07, 6.45) is 8.39. The summed E-state index contributed by atoms with van der Waals surface area (Å²) in [7, 11) is 0. The van der Waals surface area contributed by atoms with Gasteiger partial charge in [0.25, 0.3) is 0 Å². The van der Waals surface area contributed by atoms with Crippen LogP contribution in [0.3, 0.4) is 0 Å². The Balaban J connectivity index is 2.05. The van der Waals surface area contributed by atoms with Gasteiger partial charge in [0, 0.05) is 17.4 Å². The standard InChI is InChI=1S/C15H18ClFN2S2/c1-21-15(5-3-2-4-6-15)9-19-13-8-11(17)10(16)7-12(13)18-14(19)20/h7-8H,2-6,9H2,1H3,(H,18,20). The smallest absolute Gasteiger partial charge is 0.178 e. The number of aromatic nitrogens is 2. The molecule has 1 saturated carbocycles. The van der Waals surface area contributed by atoms with E-state index < -0.39 is 5.82 Å². The van der Waals surface area contributed by atoms with E-state index >= 15 is 0 Å². The van der Waals surface area contributed by atoms with Crippen molar-refractivity contribution >= 4 is 46.6 Å². The molecule has 2 aromatic rings. The minimum atomic E-state index is -0.395. The molecule has 0 spiro atoms. The lowest BCUT2D eigenvalue weighted by Gasteiger charge is -2.36. The maximum absolute atomic E-state index is 13.8. The summed E-state index contributed by atoms with van der Waals surface area (Å²) in [6, 6.07) is 3.10. The summed E-state index contributed by atoms with van der Waals surface area (Å²) in [5.74, 6) is -0.395. The van der Waals surface area contributed by atoms with Crippen molar-refractivity contribution in [3.05, 3.63) is 27.7 Å². The summed E-state index contributed by atoms with van der Waals surface area (Å²) in [4.78, 5) is 3.14. The second kappa shape index (κ2) is 5.94. The van der Waals surface area contributed by atoms with Gasteiger partial charge in [-0.3, -0.25) is 0 Å². The van der Waals surface area contributed by atoms with E-state index in [-0.39, 0.29) is 9.77 Å². The number of H-pyrrole nitrogens is 1. The number of hydrogen-bond acceptors (Lipinski definition) is 2. The van der Waals surface area contributed by atoms with Crippen LogP contribution in [0.5, 0.6) is 0 Å². The number of benzene rings is 1. The molecule has 21 heavy (non-hydrogen) atoms. The Bertz CT molecular complexity index is 716. The van der Waals surface area contributed by atoms with Crippen LogP contribution >= 0.6 is 35.6 Å². The molecule has 114 valence electrons. The molecule has 1 heterocycles. The van der Waals surface area contributed by atoms with Gasteiger partial charge in [0.15, 0.2) is 4.77 Å². The van der Waals surface area contributed by atoms with Crippen LogP contribution in [0.25, 0.3) is 11.0 Å². The van der Waals surface area contributed by atoms with Crippen LogP contribution in [0.2, 0.25) is 5.02 Å². The molecular weight excluding hydrogens is 327 g/mol. The number of aromatic amines is 1. The average Bonchev–Trinajstić information content (AvgIpc) is 2.76. The fraction of sp³-hybridized carbons (Fsp3) is 0.533. The van der Waals surface area contributed by atoms with E-state index in [4.69, 9.17) is 23.8 Å². The van der Waals surface area contributed by atoms with E-state index in [2.05, 4.69) is 11.2 Å². The Morgan fingerprint density at radius 1 is 1.38 bits per heavy atom. The molecule has 1 N–H and O–H groups in total. The molecule has 2 nitrogen and oxygen atoms in total. The second-order valence-corrected chi connectivity index (χ2v) is 7.82. The largest absolute Gasteiger partial charge is 0.331 e. The zero-order valence-corrected chi connectivity index (χ0v) is 14.3. The molecule has 1 aromatic heterocycles. The zero-order chi connectivity index (χ0) is 15.0. The maximum atomic E-state index is 13.8.